The Hall–Kier alpha value is -1.35. The number of benzene rings is 1. The Balaban J connectivity index is 1.96. The Morgan fingerprint density at radius 3 is 2.79 bits per heavy atom. The molecule has 0 saturated carbocycles. The number of ether oxygens (including phenoxy) is 2. The summed E-state index contributed by atoms with van der Waals surface area (Å²) < 4.78 is 10.1. The van der Waals surface area contributed by atoms with Crippen molar-refractivity contribution in [3.63, 3.8) is 0 Å². The molecule has 0 amide bonds. The summed E-state index contributed by atoms with van der Waals surface area (Å²) in [7, 11) is 0. The van der Waals surface area contributed by atoms with Gasteiger partial charge in [0.05, 0.1) is 6.61 Å². The molecule has 1 aliphatic rings. The highest BCUT2D eigenvalue weighted by molar-refractivity contribution is 5.78. The Kier molecular flexibility index (Phi) is 2.50. The van der Waals surface area contributed by atoms with Gasteiger partial charge in [-0.1, -0.05) is 30.3 Å². The smallest absolute Gasteiger partial charge is 0.338 e. The van der Waals surface area contributed by atoms with Crippen LogP contribution in [0.15, 0.2) is 30.3 Å². The average Bonchev–Trinajstić information content (AvgIpc) is 2.99. The highest BCUT2D eigenvalue weighted by Crippen LogP contribution is 2.39. The Bertz CT molecular complexity index is 321. The van der Waals surface area contributed by atoms with Gasteiger partial charge in [0.1, 0.15) is 6.10 Å². The number of carbonyl (C=O) groups is 1. The van der Waals surface area contributed by atoms with E-state index in [2.05, 4.69) is 0 Å². The summed E-state index contributed by atoms with van der Waals surface area (Å²) >= 11 is 0. The maximum atomic E-state index is 11.2. The van der Waals surface area contributed by atoms with Crippen molar-refractivity contribution in [2.24, 2.45) is 0 Å². The van der Waals surface area contributed by atoms with E-state index in [0.29, 0.717) is 6.61 Å². The van der Waals surface area contributed by atoms with Gasteiger partial charge in [-0.15, -0.1) is 0 Å². The van der Waals surface area contributed by atoms with Gasteiger partial charge in [0.15, 0.2) is 6.10 Å². The van der Waals surface area contributed by atoms with E-state index in [1.165, 1.54) is 0 Å². The third kappa shape index (κ3) is 1.77. The summed E-state index contributed by atoms with van der Waals surface area (Å²) in [6, 6.07) is 9.69. The topological polar surface area (TPSA) is 38.8 Å². The molecular weight excluding hydrogens is 180 g/mol. The van der Waals surface area contributed by atoms with Crippen molar-refractivity contribution in [1.82, 2.24) is 0 Å². The quantitative estimate of drug-likeness (QED) is 0.540. The van der Waals surface area contributed by atoms with Gasteiger partial charge >= 0.3 is 5.97 Å². The molecule has 0 N–H and O–H groups in total. The van der Waals surface area contributed by atoms with E-state index >= 15 is 0 Å². The van der Waals surface area contributed by atoms with E-state index in [0.717, 1.165) is 5.56 Å². The fourth-order valence-corrected chi connectivity index (χ4v) is 1.41. The lowest BCUT2D eigenvalue weighted by Crippen LogP contribution is -2.11. The molecule has 3 nitrogen and oxygen atoms in total. The summed E-state index contributed by atoms with van der Waals surface area (Å²) in [5.41, 5.74) is 1.03. The van der Waals surface area contributed by atoms with Crippen LogP contribution in [0.2, 0.25) is 0 Å². The van der Waals surface area contributed by atoms with Crippen LogP contribution >= 0.6 is 0 Å². The van der Waals surface area contributed by atoms with Crippen molar-refractivity contribution in [2.45, 2.75) is 19.1 Å². The minimum atomic E-state index is -0.391. The average molecular weight is 192 g/mol. The number of carbonyl (C=O) groups excluding carboxylic acids is 1. The van der Waals surface area contributed by atoms with Crippen LogP contribution in [0.4, 0.5) is 0 Å². The molecule has 0 aromatic heterocycles. The number of epoxide rings is 1. The van der Waals surface area contributed by atoms with Crippen LogP contribution < -0.4 is 0 Å². The lowest BCUT2D eigenvalue weighted by Gasteiger charge is -1.96. The highest BCUT2D eigenvalue weighted by atomic mass is 16.6. The van der Waals surface area contributed by atoms with Gasteiger partial charge in [-0.2, -0.15) is 0 Å². The van der Waals surface area contributed by atoms with E-state index in [1.807, 2.05) is 30.3 Å². The fourth-order valence-electron chi connectivity index (χ4n) is 1.41. The van der Waals surface area contributed by atoms with Crippen LogP contribution in [0.25, 0.3) is 0 Å². The summed E-state index contributed by atoms with van der Waals surface area (Å²) in [5.74, 6) is -0.263. The molecule has 0 unspecified atom stereocenters. The van der Waals surface area contributed by atoms with Crippen LogP contribution in [0, 0.1) is 0 Å². The van der Waals surface area contributed by atoms with Crippen molar-refractivity contribution < 1.29 is 14.3 Å². The number of esters is 1. The van der Waals surface area contributed by atoms with Crippen molar-refractivity contribution in [3.05, 3.63) is 35.9 Å². The maximum Gasteiger partial charge on any atom is 0.338 e. The molecule has 1 fully saturated rings. The zero-order valence-electron chi connectivity index (χ0n) is 7.97. The normalized spacial score (nSPS) is 24.4. The van der Waals surface area contributed by atoms with E-state index < -0.39 is 6.10 Å². The van der Waals surface area contributed by atoms with E-state index in [1.54, 1.807) is 6.92 Å². The van der Waals surface area contributed by atoms with Crippen molar-refractivity contribution in [2.75, 3.05) is 6.61 Å². The van der Waals surface area contributed by atoms with E-state index in [9.17, 15) is 4.79 Å². The predicted molar refractivity (Wildman–Crippen MR) is 50.7 cm³/mol. The standard InChI is InChI=1S/C11H12O3/c1-2-13-11(12)10-9(14-10)8-6-4-3-5-7-8/h3-7,9-10H,2H2,1H3/t9-,10-/m1/s1. The van der Waals surface area contributed by atoms with Gasteiger partial charge in [-0.25, -0.2) is 4.79 Å². The molecule has 0 aliphatic carbocycles. The molecule has 1 aromatic rings. The summed E-state index contributed by atoms with van der Waals surface area (Å²) in [6.45, 7) is 2.19. The van der Waals surface area contributed by atoms with Crippen molar-refractivity contribution in [3.8, 4) is 0 Å². The van der Waals surface area contributed by atoms with Crippen LogP contribution in [0.5, 0.6) is 0 Å². The second-order valence-corrected chi connectivity index (χ2v) is 3.14. The van der Waals surface area contributed by atoms with Gasteiger partial charge in [-0.3, -0.25) is 0 Å². The van der Waals surface area contributed by atoms with Gasteiger partial charge < -0.3 is 9.47 Å². The minimum absolute atomic E-state index is 0.102. The fraction of sp³-hybridized carbons (Fsp3) is 0.364. The van der Waals surface area contributed by atoms with Gasteiger partial charge in [-0.05, 0) is 12.5 Å². The lowest BCUT2D eigenvalue weighted by atomic mass is 10.1. The van der Waals surface area contributed by atoms with Crippen LogP contribution in [-0.2, 0) is 14.3 Å². The molecule has 1 aromatic carbocycles. The number of hydrogen-bond donors (Lipinski definition) is 0. The third-order valence-corrected chi connectivity index (χ3v) is 2.14. The molecule has 0 spiro atoms. The summed E-state index contributed by atoms with van der Waals surface area (Å²) in [5, 5.41) is 0. The maximum absolute atomic E-state index is 11.2. The molecule has 2 rings (SSSR count). The third-order valence-electron chi connectivity index (χ3n) is 2.14. The van der Waals surface area contributed by atoms with E-state index in [4.69, 9.17) is 9.47 Å². The molecule has 0 bridgehead atoms. The molecule has 2 atom stereocenters. The SMILES string of the molecule is CCOC(=O)[C@@H]1O[C@@H]1c1ccccc1. The molecule has 74 valence electrons. The van der Waals surface area contributed by atoms with Crippen LogP contribution in [0.1, 0.15) is 18.6 Å². The van der Waals surface area contributed by atoms with Crippen molar-refractivity contribution >= 4 is 5.97 Å². The second kappa shape index (κ2) is 3.80. The Morgan fingerprint density at radius 2 is 2.14 bits per heavy atom. The number of rotatable bonds is 3. The monoisotopic (exact) mass is 192 g/mol. The number of hydrogen-bond acceptors (Lipinski definition) is 3. The lowest BCUT2D eigenvalue weighted by molar-refractivity contribution is -0.144. The van der Waals surface area contributed by atoms with Crippen molar-refractivity contribution in [1.29, 1.82) is 0 Å². The Labute approximate surface area is 82.6 Å². The first-order chi connectivity index (χ1) is 6.83. The molecule has 0 radical (unpaired) electrons. The first-order valence-corrected chi connectivity index (χ1v) is 4.70. The van der Waals surface area contributed by atoms with Gasteiger partial charge in [0, 0.05) is 0 Å². The molecule has 3 heteroatoms. The highest BCUT2D eigenvalue weighted by Gasteiger charge is 2.47. The van der Waals surface area contributed by atoms with Crippen LogP contribution in [-0.4, -0.2) is 18.7 Å². The summed E-state index contributed by atoms with van der Waals surface area (Å²) in [6.07, 6.45) is -0.493. The zero-order valence-corrected chi connectivity index (χ0v) is 7.97. The predicted octanol–water partition coefficient (Wildman–Crippen LogP) is 1.69. The first kappa shape index (κ1) is 9.21. The minimum Gasteiger partial charge on any atom is -0.464 e. The molecule has 1 saturated heterocycles. The zero-order chi connectivity index (χ0) is 9.97. The molecule has 1 heterocycles. The molecular formula is C11H12O3. The van der Waals surface area contributed by atoms with Gasteiger partial charge in [0.2, 0.25) is 0 Å². The van der Waals surface area contributed by atoms with E-state index in [-0.39, 0.29) is 12.1 Å². The molecule has 1 aliphatic heterocycles. The second-order valence-electron chi connectivity index (χ2n) is 3.14. The largest absolute Gasteiger partial charge is 0.464 e. The summed E-state index contributed by atoms with van der Waals surface area (Å²) in [4.78, 5) is 11.2. The molecule has 14 heavy (non-hydrogen) atoms. The first-order valence-electron chi connectivity index (χ1n) is 4.70. The Morgan fingerprint density at radius 1 is 1.43 bits per heavy atom. The van der Waals surface area contributed by atoms with Gasteiger partial charge in [0.25, 0.3) is 0 Å². The van der Waals surface area contributed by atoms with Crippen LogP contribution in [0.3, 0.4) is 0 Å².